The minimum Gasteiger partial charge on any atom is -0.290 e. The van der Waals surface area contributed by atoms with E-state index in [0.717, 1.165) is 11.1 Å². The van der Waals surface area contributed by atoms with Crippen LogP contribution in [0.5, 0.6) is 0 Å². The molecule has 1 aromatic rings. The Bertz CT molecular complexity index is 289. The van der Waals surface area contributed by atoms with E-state index in [2.05, 4.69) is 0 Å². The molecule has 0 radical (unpaired) electrons. The van der Waals surface area contributed by atoms with Crippen molar-refractivity contribution in [1.82, 2.24) is 0 Å². The minimum absolute atomic E-state index is 0.105. The van der Waals surface area contributed by atoms with Gasteiger partial charge >= 0.3 is 0 Å². The Hall–Kier alpha value is -1.11. The Labute approximate surface area is 60.3 Å². The van der Waals surface area contributed by atoms with Crippen LogP contribution in [-0.2, 0) is 0 Å². The van der Waals surface area contributed by atoms with Gasteiger partial charge in [0.2, 0.25) is 0 Å². The Morgan fingerprint density at radius 1 is 1.00 bits per heavy atom. The maximum absolute atomic E-state index is 11.0. The first kappa shape index (κ1) is 7.00. The summed E-state index contributed by atoms with van der Waals surface area (Å²) < 4.78 is 0. The number of hydrogen-bond donors (Lipinski definition) is 0. The van der Waals surface area contributed by atoms with Crippen LogP contribution in [0.1, 0.15) is 11.1 Å². The van der Waals surface area contributed by atoms with Crippen molar-refractivity contribution in [3.8, 4) is 0 Å². The van der Waals surface area contributed by atoms with Gasteiger partial charge in [-0.3, -0.25) is 4.79 Å². The van der Waals surface area contributed by atoms with Gasteiger partial charge in [-0.2, -0.15) is 0 Å². The predicted molar refractivity (Wildman–Crippen MR) is 42.2 cm³/mol. The fourth-order valence-electron chi connectivity index (χ4n) is 0.733. The largest absolute Gasteiger partial charge is 0.290 e. The fourth-order valence-corrected chi connectivity index (χ4v) is 0.733. The molecule has 0 unspecified atom stereocenters. The van der Waals surface area contributed by atoms with E-state index in [4.69, 9.17) is 0 Å². The third kappa shape index (κ3) is 1.44. The summed E-state index contributed by atoms with van der Waals surface area (Å²) in [5, 5.41) is 0. The van der Waals surface area contributed by atoms with Crippen LogP contribution in [0.15, 0.2) is 29.1 Å². The van der Waals surface area contributed by atoms with E-state index in [0.29, 0.717) is 0 Å². The highest BCUT2D eigenvalue weighted by molar-refractivity contribution is 5.17. The summed E-state index contributed by atoms with van der Waals surface area (Å²) in [6.07, 6.45) is 0. The molecular weight excluding hydrogens is 124 g/mol. The average Bonchev–Trinajstić information content (AvgIpc) is 2.04. The van der Waals surface area contributed by atoms with Crippen LogP contribution in [0, 0.1) is 13.8 Å². The Morgan fingerprint density at radius 3 is 2.30 bits per heavy atom. The van der Waals surface area contributed by atoms with Crippen LogP contribution in [0.25, 0.3) is 0 Å². The summed E-state index contributed by atoms with van der Waals surface area (Å²) in [6, 6.07) is 7.22. The second-order valence-electron chi connectivity index (χ2n) is 2.46. The molecule has 1 rings (SSSR count). The van der Waals surface area contributed by atoms with Crippen LogP contribution >= 0.6 is 0 Å². The summed E-state index contributed by atoms with van der Waals surface area (Å²) >= 11 is 0. The second-order valence-corrected chi connectivity index (χ2v) is 2.46. The molecule has 10 heavy (non-hydrogen) atoms. The zero-order valence-corrected chi connectivity index (χ0v) is 6.22. The van der Waals surface area contributed by atoms with E-state index in [1.165, 1.54) is 0 Å². The topological polar surface area (TPSA) is 17.1 Å². The summed E-state index contributed by atoms with van der Waals surface area (Å²) in [6.45, 7) is 3.79. The highest BCUT2D eigenvalue weighted by Crippen LogP contribution is 1.92. The lowest BCUT2D eigenvalue weighted by atomic mass is 10.3. The molecule has 52 valence electrons. The molecule has 0 heterocycles. The molecule has 0 spiro atoms. The van der Waals surface area contributed by atoms with Gasteiger partial charge in [0.15, 0.2) is 5.43 Å². The molecule has 0 fully saturated rings. The number of hydrogen-bond acceptors (Lipinski definition) is 1. The first-order valence-corrected chi connectivity index (χ1v) is 3.28. The number of aryl methyl sites for hydroxylation is 2. The molecule has 0 N–H and O–H groups in total. The van der Waals surface area contributed by atoms with Gasteiger partial charge in [-0.15, -0.1) is 0 Å². The van der Waals surface area contributed by atoms with Crippen molar-refractivity contribution in [3.05, 3.63) is 45.6 Å². The smallest absolute Gasteiger partial charge is 0.181 e. The summed E-state index contributed by atoms with van der Waals surface area (Å²) in [5.74, 6) is 0. The molecule has 0 bridgehead atoms. The summed E-state index contributed by atoms with van der Waals surface area (Å²) in [4.78, 5) is 11.0. The molecular formula is C9H10O. The fraction of sp³-hybridized carbons (Fsp3) is 0.222. The van der Waals surface area contributed by atoms with Gasteiger partial charge in [0.25, 0.3) is 0 Å². The van der Waals surface area contributed by atoms with Gasteiger partial charge in [0.1, 0.15) is 0 Å². The van der Waals surface area contributed by atoms with Gasteiger partial charge in [-0.25, -0.2) is 0 Å². The lowest BCUT2D eigenvalue weighted by molar-refractivity contribution is 1.43. The molecule has 0 saturated carbocycles. The van der Waals surface area contributed by atoms with Crippen LogP contribution < -0.4 is 5.43 Å². The molecule has 0 aliphatic heterocycles. The van der Waals surface area contributed by atoms with Crippen molar-refractivity contribution < 1.29 is 0 Å². The van der Waals surface area contributed by atoms with Gasteiger partial charge in [-0.1, -0.05) is 23.8 Å². The molecule has 0 atom stereocenters. The van der Waals surface area contributed by atoms with E-state index in [1.807, 2.05) is 32.0 Å². The Morgan fingerprint density at radius 2 is 1.60 bits per heavy atom. The zero-order valence-electron chi connectivity index (χ0n) is 6.22. The molecule has 0 aliphatic rings. The molecule has 1 heteroatoms. The van der Waals surface area contributed by atoms with E-state index >= 15 is 0 Å². The molecule has 1 aromatic carbocycles. The Balaban J connectivity index is 3.43. The van der Waals surface area contributed by atoms with Crippen molar-refractivity contribution >= 4 is 0 Å². The van der Waals surface area contributed by atoms with E-state index in [9.17, 15) is 4.79 Å². The van der Waals surface area contributed by atoms with Gasteiger partial charge in [0, 0.05) is 0 Å². The Kier molecular flexibility index (Phi) is 1.86. The lowest BCUT2D eigenvalue weighted by Crippen LogP contribution is -1.96. The van der Waals surface area contributed by atoms with Crippen LogP contribution in [-0.4, -0.2) is 0 Å². The molecule has 0 aromatic heterocycles. The van der Waals surface area contributed by atoms with Crippen LogP contribution in [0.4, 0.5) is 0 Å². The van der Waals surface area contributed by atoms with E-state index in [-0.39, 0.29) is 5.43 Å². The summed E-state index contributed by atoms with van der Waals surface area (Å²) in [5.41, 5.74) is 2.02. The monoisotopic (exact) mass is 134 g/mol. The van der Waals surface area contributed by atoms with Gasteiger partial charge in [0.05, 0.1) is 0 Å². The molecule has 0 saturated heterocycles. The van der Waals surface area contributed by atoms with Gasteiger partial charge < -0.3 is 0 Å². The standard InChI is InChI=1S/C9H10O/c1-7-3-5-8(2)9(10)6-4-7/h3-6H,1-2H3. The van der Waals surface area contributed by atoms with Crippen molar-refractivity contribution in [3.63, 3.8) is 0 Å². The second kappa shape index (κ2) is 2.65. The minimum atomic E-state index is 0.105. The highest BCUT2D eigenvalue weighted by atomic mass is 16.1. The lowest BCUT2D eigenvalue weighted by Gasteiger charge is -1.76. The third-order valence-corrected chi connectivity index (χ3v) is 1.48. The normalized spacial score (nSPS) is 9.40. The van der Waals surface area contributed by atoms with Crippen molar-refractivity contribution in [2.45, 2.75) is 13.8 Å². The maximum Gasteiger partial charge on any atom is 0.181 e. The summed E-state index contributed by atoms with van der Waals surface area (Å²) in [7, 11) is 0. The third-order valence-electron chi connectivity index (χ3n) is 1.48. The predicted octanol–water partition coefficient (Wildman–Crippen LogP) is 1.66. The van der Waals surface area contributed by atoms with Crippen LogP contribution in [0.2, 0.25) is 0 Å². The quantitative estimate of drug-likeness (QED) is 0.527. The highest BCUT2D eigenvalue weighted by Gasteiger charge is 1.86. The zero-order chi connectivity index (χ0) is 7.56. The van der Waals surface area contributed by atoms with Crippen LogP contribution in [0.3, 0.4) is 0 Å². The number of rotatable bonds is 0. The van der Waals surface area contributed by atoms with Crippen molar-refractivity contribution in [2.75, 3.05) is 0 Å². The first-order chi connectivity index (χ1) is 4.70. The van der Waals surface area contributed by atoms with E-state index in [1.54, 1.807) is 6.07 Å². The molecule has 1 nitrogen and oxygen atoms in total. The first-order valence-electron chi connectivity index (χ1n) is 3.28. The molecule has 0 aliphatic carbocycles. The maximum atomic E-state index is 11.0. The van der Waals surface area contributed by atoms with Gasteiger partial charge in [-0.05, 0) is 25.5 Å². The van der Waals surface area contributed by atoms with Crippen molar-refractivity contribution in [1.29, 1.82) is 0 Å². The SMILES string of the molecule is Cc1ccc(C)c(=O)cc1. The van der Waals surface area contributed by atoms with Crippen molar-refractivity contribution in [2.24, 2.45) is 0 Å². The molecule has 0 amide bonds. The van der Waals surface area contributed by atoms with E-state index < -0.39 is 0 Å². The average molecular weight is 134 g/mol.